The minimum absolute atomic E-state index is 0.368. The van der Waals surface area contributed by atoms with E-state index in [-0.39, 0.29) is 6.10 Å². The summed E-state index contributed by atoms with van der Waals surface area (Å²) in [6.45, 7) is 1.76. The normalized spacial score (nSPS) is 13.4. The summed E-state index contributed by atoms with van der Waals surface area (Å²) in [4.78, 5) is 4.35. The SMILES string of the molecule is CC(O)Cc1nc(Br)c2ccccn12. The molecule has 0 aliphatic heterocycles. The largest absolute Gasteiger partial charge is 0.393 e. The number of imidazole rings is 1. The summed E-state index contributed by atoms with van der Waals surface area (Å²) < 4.78 is 2.81. The van der Waals surface area contributed by atoms with Crippen LogP contribution in [-0.2, 0) is 6.42 Å². The fourth-order valence-electron chi connectivity index (χ4n) is 1.47. The van der Waals surface area contributed by atoms with Gasteiger partial charge in [-0.2, -0.15) is 0 Å². The number of pyridine rings is 1. The lowest BCUT2D eigenvalue weighted by Crippen LogP contribution is -2.07. The lowest BCUT2D eigenvalue weighted by Gasteiger charge is -2.02. The third kappa shape index (κ3) is 1.67. The number of hydrogen-bond donors (Lipinski definition) is 1. The van der Waals surface area contributed by atoms with Crippen molar-refractivity contribution >= 4 is 21.4 Å². The molecule has 0 saturated heterocycles. The van der Waals surface area contributed by atoms with Gasteiger partial charge >= 0.3 is 0 Å². The highest BCUT2D eigenvalue weighted by Gasteiger charge is 2.09. The zero-order valence-corrected chi connectivity index (χ0v) is 9.40. The second-order valence-electron chi connectivity index (χ2n) is 3.33. The molecular weight excluding hydrogens is 244 g/mol. The van der Waals surface area contributed by atoms with Gasteiger partial charge in [-0.05, 0) is 35.0 Å². The van der Waals surface area contributed by atoms with E-state index >= 15 is 0 Å². The van der Waals surface area contributed by atoms with Crippen molar-refractivity contribution in [3.63, 3.8) is 0 Å². The van der Waals surface area contributed by atoms with Crippen LogP contribution >= 0.6 is 15.9 Å². The van der Waals surface area contributed by atoms with Crippen LogP contribution in [0.3, 0.4) is 0 Å². The first-order valence-electron chi connectivity index (χ1n) is 4.48. The maximum atomic E-state index is 9.31. The average molecular weight is 255 g/mol. The predicted molar refractivity (Wildman–Crippen MR) is 58.3 cm³/mol. The maximum Gasteiger partial charge on any atom is 0.132 e. The molecule has 2 aromatic rings. The maximum absolute atomic E-state index is 9.31. The van der Waals surface area contributed by atoms with Crippen LogP contribution in [0.4, 0.5) is 0 Å². The van der Waals surface area contributed by atoms with Crippen LogP contribution in [0.1, 0.15) is 12.7 Å². The van der Waals surface area contributed by atoms with Gasteiger partial charge in [0.25, 0.3) is 0 Å². The van der Waals surface area contributed by atoms with Gasteiger partial charge in [-0.25, -0.2) is 4.98 Å². The van der Waals surface area contributed by atoms with Crippen LogP contribution in [0, 0.1) is 0 Å². The van der Waals surface area contributed by atoms with Crippen molar-refractivity contribution in [2.45, 2.75) is 19.4 Å². The van der Waals surface area contributed by atoms with Crippen LogP contribution in [-0.4, -0.2) is 20.6 Å². The highest BCUT2D eigenvalue weighted by Crippen LogP contribution is 2.19. The Morgan fingerprint density at radius 2 is 2.36 bits per heavy atom. The number of aliphatic hydroxyl groups excluding tert-OH is 1. The topological polar surface area (TPSA) is 37.5 Å². The number of aliphatic hydroxyl groups is 1. The molecule has 0 radical (unpaired) electrons. The van der Waals surface area contributed by atoms with E-state index in [1.165, 1.54) is 0 Å². The fraction of sp³-hybridized carbons (Fsp3) is 0.300. The van der Waals surface area contributed by atoms with Crippen molar-refractivity contribution in [1.29, 1.82) is 0 Å². The Balaban J connectivity index is 2.55. The number of nitrogens with zero attached hydrogens (tertiary/aromatic N) is 2. The molecule has 2 aromatic heterocycles. The van der Waals surface area contributed by atoms with Gasteiger partial charge in [0.1, 0.15) is 10.4 Å². The van der Waals surface area contributed by atoms with Gasteiger partial charge in [-0.3, -0.25) is 0 Å². The van der Waals surface area contributed by atoms with Crippen LogP contribution in [0.15, 0.2) is 29.0 Å². The Bertz CT molecular complexity index is 450. The molecule has 0 bridgehead atoms. The third-order valence-corrected chi connectivity index (χ3v) is 2.64. The number of halogens is 1. The first kappa shape index (κ1) is 9.68. The molecule has 1 atom stereocenters. The lowest BCUT2D eigenvalue weighted by atomic mass is 10.3. The molecule has 1 N–H and O–H groups in total. The summed E-state index contributed by atoms with van der Waals surface area (Å²) in [6, 6.07) is 5.91. The Hall–Kier alpha value is -0.870. The van der Waals surface area contributed by atoms with Crippen molar-refractivity contribution in [2.75, 3.05) is 0 Å². The first-order valence-corrected chi connectivity index (χ1v) is 5.27. The van der Waals surface area contributed by atoms with Gasteiger partial charge in [0.05, 0.1) is 11.6 Å². The summed E-state index contributed by atoms with van der Waals surface area (Å²) in [7, 11) is 0. The highest BCUT2D eigenvalue weighted by molar-refractivity contribution is 9.10. The number of hydrogen-bond acceptors (Lipinski definition) is 2. The molecule has 1 unspecified atom stereocenters. The van der Waals surface area contributed by atoms with Gasteiger partial charge in [0.15, 0.2) is 0 Å². The Kier molecular flexibility index (Phi) is 2.56. The van der Waals surface area contributed by atoms with E-state index in [0.717, 1.165) is 15.9 Å². The van der Waals surface area contributed by atoms with E-state index < -0.39 is 0 Å². The van der Waals surface area contributed by atoms with Crippen LogP contribution in [0.5, 0.6) is 0 Å². The standard InChI is InChI=1S/C10H11BrN2O/c1-7(14)6-9-12-10(11)8-4-2-3-5-13(8)9/h2-5,7,14H,6H2,1H3. The van der Waals surface area contributed by atoms with Crippen LogP contribution < -0.4 is 0 Å². The summed E-state index contributed by atoms with van der Waals surface area (Å²) >= 11 is 3.39. The summed E-state index contributed by atoms with van der Waals surface area (Å²) in [5, 5.41) is 9.31. The second-order valence-corrected chi connectivity index (χ2v) is 4.08. The summed E-state index contributed by atoms with van der Waals surface area (Å²) in [5.41, 5.74) is 1.03. The molecule has 74 valence electrons. The summed E-state index contributed by atoms with van der Waals surface area (Å²) in [5.74, 6) is 0.877. The zero-order valence-electron chi connectivity index (χ0n) is 7.81. The smallest absolute Gasteiger partial charge is 0.132 e. The molecule has 3 nitrogen and oxygen atoms in total. The molecule has 14 heavy (non-hydrogen) atoms. The fourth-order valence-corrected chi connectivity index (χ4v) is 2.00. The Morgan fingerprint density at radius 3 is 3.07 bits per heavy atom. The molecule has 2 heterocycles. The van der Waals surface area contributed by atoms with Gasteiger partial charge in [0.2, 0.25) is 0 Å². The number of aromatic nitrogens is 2. The molecule has 0 aliphatic rings. The molecule has 0 amide bonds. The molecule has 2 rings (SSSR count). The minimum atomic E-state index is -0.368. The van der Waals surface area contributed by atoms with Crippen LogP contribution in [0.2, 0.25) is 0 Å². The molecule has 0 fully saturated rings. The van der Waals surface area contributed by atoms with E-state index in [1.54, 1.807) is 6.92 Å². The van der Waals surface area contributed by atoms with E-state index in [2.05, 4.69) is 20.9 Å². The van der Waals surface area contributed by atoms with E-state index in [9.17, 15) is 5.11 Å². The summed E-state index contributed by atoms with van der Waals surface area (Å²) in [6.07, 6.45) is 2.15. The van der Waals surface area contributed by atoms with Crippen molar-refractivity contribution in [3.8, 4) is 0 Å². The second kappa shape index (κ2) is 3.71. The zero-order chi connectivity index (χ0) is 10.1. The molecule has 0 saturated carbocycles. The monoisotopic (exact) mass is 254 g/mol. The van der Waals surface area contributed by atoms with Crippen molar-refractivity contribution < 1.29 is 5.11 Å². The highest BCUT2D eigenvalue weighted by atomic mass is 79.9. The van der Waals surface area contributed by atoms with E-state index in [0.29, 0.717) is 6.42 Å². The Morgan fingerprint density at radius 1 is 1.57 bits per heavy atom. The van der Waals surface area contributed by atoms with E-state index in [1.807, 2.05) is 28.8 Å². The van der Waals surface area contributed by atoms with Crippen LogP contribution in [0.25, 0.3) is 5.52 Å². The lowest BCUT2D eigenvalue weighted by molar-refractivity contribution is 0.192. The van der Waals surface area contributed by atoms with E-state index in [4.69, 9.17) is 0 Å². The molecule has 0 aromatic carbocycles. The number of fused-ring (bicyclic) bond motifs is 1. The average Bonchev–Trinajstić information content (AvgIpc) is 2.44. The van der Waals surface area contributed by atoms with Crippen molar-refractivity contribution in [3.05, 3.63) is 34.8 Å². The Labute approximate surface area is 90.5 Å². The van der Waals surface area contributed by atoms with Crippen molar-refractivity contribution in [1.82, 2.24) is 9.38 Å². The predicted octanol–water partition coefficient (Wildman–Crippen LogP) is 2.02. The van der Waals surface area contributed by atoms with Gasteiger partial charge in [-0.15, -0.1) is 0 Å². The number of rotatable bonds is 2. The van der Waals surface area contributed by atoms with Crippen molar-refractivity contribution in [2.24, 2.45) is 0 Å². The van der Waals surface area contributed by atoms with Gasteiger partial charge in [0, 0.05) is 12.6 Å². The quantitative estimate of drug-likeness (QED) is 0.891. The van der Waals surface area contributed by atoms with Gasteiger partial charge < -0.3 is 9.51 Å². The minimum Gasteiger partial charge on any atom is -0.393 e. The van der Waals surface area contributed by atoms with Gasteiger partial charge in [-0.1, -0.05) is 6.07 Å². The molecule has 4 heteroatoms. The third-order valence-electron chi connectivity index (χ3n) is 2.05. The molecule has 0 aliphatic carbocycles. The molecular formula is C10H11BrN2O. The first-order chi connectivity index (χ1) is 6.68. The molecule has 0 spiro atoms.